The van der Waals surface area contributed by atoms with Gasteiger partial charge in [-0.25, -0.2) is 0 Å². The standard InChI is InChI=1S/C31H41N5O2S/c1-4-5-6-8-12-26-16-18-27(19-17-26)30(38)35-21-20-34(23-24(35)2)29(37)15-11-22-39-31-33-32-25(3)36(31)28-13-9-7-10-14-28/h7,9-10,13-14,16-19,24H,4-6,8,11-12,15,20-23H2,1-3H3. The van der Waals surface area contributed by atoms with Gasteiger partial charge in [-0.1, -0.05) is 68.3 Å². The third-order valence-corrected chi connectivity index (χ3v) is 8.35. The maximum Gasteiger partial charge on any atom is 0.254 e. The van der Waals surface area contributed by atoms with Gasteiger partial charge in [0.2, 0.25) is 5.91 Å². The molecule has 2 aromatic carbocycles. The summed E-state index contributed by atoms with van der Waals surface area (Å²) >= 11 is 1.63. The minimum atomic E-state index is -0.00862. The molecule has 1 saturated heterocycles. The van der Waals surface area contributed by atoms with E-state index in [-0.39, 0.29) is 17.9 Å². The molecule has 1 aliphatic rings. The Morgan fingerprint density at radius 3 is 2.44 bits per heavy atom. The van der Waals surface area contributed by atoms with Crippen LogP contribution in [0, 0.1) is 6.92 Å². The molecule has 1 aromatic heterocycles. The van der Waals surface area contributed by atoms with E-state index >= 15 is 0 Å². The number of nitrogens with zero attached hydrogens (tertiary/aromatic N) is 5. The highest BCUT2D eigenvalue weighted by Gasteiger charge is 2.30. The van der Waals surface area contributed by atoms with Gasteiger partial charge in [0.05, 0.1) is 0 Å². The second-order valence-electron chi connectivity index (χ2n) is 10.3. The summed E-state index contributed by atoms with van der Waals surface area (Å²) in [6.07, 6.45) is 7.30. The number of carbonyl (C=O) groups excluding carboxylic acids is 2. The zero-order valence-corrected chi connectivity index (χ0v) is 24.3. The van der Waals surface area contributed by atoms with Gasteiger partial charge in [0.15, 0.2) is 5.16 Å². The van der Waals surface area contributed by atoms with Gasteiger partial charge in [-0.3, -0.25) is 14.2 Å². The second kappa shape index (κ2) is 14.3. The summed E-state index contributed by atoms with van der Waals surface area (Å²) < 4.78 is 2.05. The molecule has 0 radical (unpaired) electrons. The van der Waals surface area contributed by atoms with Gasteiger partial charge < -0.3 is 9.80 Å². The van der Waals surface area contributed by atoms with Crippen LogP contribution in [0.1, 0.15) is 74.1 Å². The molecule has 0 bridgehead atoms. The molecule has 8 heteroatoms. The number of para-hydroxylation sites is 1. The Kier molecular flexibility index (Phi) is 10.6. The Labute approximate surface area is 237 Å². The van der Waals surface area contributed by atoms with Crippen LogP contribution in [0.3, 0.4) is 0 Å². The Morgan fingerprint density at radius 2 is 1.72 bits per heavy atom. The second-order valence-corrected chi connectivity index (χ2v) is 11.4. The van der Waals surface area contributed by atoms with Crippen molar-refractivity contribution in [1.82, 2.24) is 24.6 Å². The summed E-state index contributed by atoms with van der Waals surface area (Å²) in [4.78, 5) is 29.9. The molecule has 1 atom stereocenters. The van der Waals surface area contributed by atoms with Crippen LogP contribution in [0.5, 0.6) is 0 Å². The number of unbranched alkanes of at least 4 members (excludes halogenated alkanes) is 3. The first-order valence-corrected chi connectivity index (χ1v) is 15.2. The van der Waals surface area contributed by atoms with E-state index in [1.54, 1.807) is 11.8 Å². The van der Waals surface area contributed by atoms with E-state index in [1.807, 2.05) is 70.7 Å². The van der Waals surface area contributed by atoms with Crippen molar-refractivity contribution < 1.29 is 9.59 Å². The third-order valence-electron chi connectivity index (χ3n) is 7.34. The number of hydrogen-bond acceptors (Lipinski definition) is 5. The number of aryl methyl sites for hydroxylation is 2. The number of amides is 2. The lowest BCUT2D eigenvalue weighted by atomic mass is 10.0. The topological polar surface area (TPSA) is 71.3 Å². The number of piperazine rings is 1. The van der Waals surface area contributed by atoms with E-state index in [0.717, 1.165) is 40.8 Å². The van der Waals surface area contributed by atoms with Gasteiger partial charge in [0, 0.05) is 49.1 Å². The molecule has 1 fully saturated rings. The number of carbonyl (C=O) groups is 2. The van der Waals surface area contributed by atoms with Gasteiger partial charge in [-0.15, -0.1) is 10.2 Å². The van der Waals surface area contributed by atoms with Crippen LogP contribution in [0.2, 0.25) is 0 Å². The molecule has 3 aromatic rings. The van der Waals surface area contributed by atoms with Gasteiger partial charge in [-0.05, 0) is 62.9 Å². The summed E-state index contributed by atoms with van der Waals surface area (Å²) in [6, 6.07) is 18.2. The van der Waals surface area contributed by atoms with Crippen molar-refractivity contribution in [1.29, 1.82) is 0 Å². The van der Waals surface area contributed by atoms with Gasteiger partial charge in [0.1, 0.15) is 5.82 Å². The van der Waals surface area contributed by atoms with Gasteiger partial charge in [-0.2, -0.15) is 0 Å². The summed E-state index contributed by atoms with van der Waals surface area (Å²) in [7, 11) is 0. The van der Waals surface area contributed by atoms with Crippen LogP contribution in [0.4, 0.5) is 0 Å². The number of thioether (sulfide) groups is 1. The lowest BCUT2D eigenvalue weighted by Gasteiger charge is -2.40. The summed E-state index contributed by atoms with van der Waals surface area (Å²) in [5, 5.41) is 9.41. The van der Waals surface area contributed by atoms with Crippen LogP contribution in [-0.2, 0) is 11.2 Å². The highest BCUT2D eigenvalue weighted by atomic mass is 32.2. The fourth-order valence-electron chi connectivity index (χ4n) is 5.08. The first-order valence-electron chi connectivity index (χ1n) is 14.3. The molecule has 208 valence electrons. The van der Waals surface area contributed by atoms with Crippen molar-refractivity contribution in [3.63, 3.8) is 0 Å². The minimum absolute atomic E-state index is 0.00862. The largest absolute Gasteiger partial charge is 0.339 e. The quantitative estimate of drug-likeness (QED) is 0.207. The molecule has 1 unspecified atom stereocenters. The van der Waals surface area contributed by atoms with Crippen molar-refractivity contribution in [2.45, 2.75) is 76.9 Å². The molecule has 0 spiro atoms. The summed E-state index contributed by atoms with van der Waals surface area (Å²) in [5.74, 6) is 1.85. The summed E-state index contributed by atoms with van der Waals surface area (Å²) in [6.45, 7) is 7.94. The van der Waals surface area contributed by atoms with Crippen molar-refractivity contribution in [2.75, 3.05) is 25.4 Å². The monoisotopic (exact) mass is 547 g/mol. The van der Waals surface area contributed by atoms with Crippen LogP contribution in [0.25, 0.3) is 5.69 Å². The Bertz CT molecular complexity index is 1210. The van der Waals surface area contributed by atoms with Crippen molar-refractivity contribution >= 4 is 23.6 Å². The van der Waals surface area contributed by atoms with Crippen molar-refractivity contribution in [3.05, 3.63) is 71.5 Å². The highest BCUT2D eigenvalue weighted by Crippen LogP contribution is 2.23. The van der Waals surface area contributed by atoms with Crippen LogP contribution in [-0.4, -0.2) is 67.8 Å². The molecule has 4 rings (SSSR count). The first kappa shape index (κ1) is 28.9. The van der Waals surface area contributed by atoms with E-state index in [1.165, 1.54) is 31.2 Å². The van der Waals surface area contributed by atoms with E-state index in [9.17, 15) is 9.59 Å². The van der Waals surface area contributed by atoms with Crippen molar-refractivity contribution in [3.8, 4) is 5.69 Å². The minimum Gasteiger partial charge on any atom is -0.339 e. The predicted octanol–water partition coefficient (Wildman–Crippen LogP) is 5.94. The maximum atomic E-state index is 13.2. The Morgan fingerprint density at radius 1 is 0.949 bits per heavy atom. The van der Waals surface area contributed by atoms with E-state index < -0.39 is 0 Å². The molecule has 2 amide bonds. The Hall–Kier alpha value is -3.13. The van der Waals surface area contributed by atoms with Gasteiger partial charge >= 0.3 is 0 Å². The number of hydrogen-bond donors (Lipinski definition) is 0. The lowest BCUT2D eigenvalue weighted by Crippen LogP contribution is -2.55. The predicted molar refractivity (Wildman–Crippen MR) is 157 cm³/mol. The molecule has 39 heavy (non-hydrogen) atoms. The molecule has 7 nitrogen and oxygen atoms in total. The number of aromatic nitrogens is 3. The van der Waals surface area contributed by atoms with Crippen LogP contribution >= 0.6 is 11.8 Å². The summed E-state index contributed by atoms with van der Waals surface area (Å²) in [5.41, 5.74) is 3.06. The van der Waals surface area contributed by atoms with Gasteiger partial charge in [0.25, 0.3) is 5.91 Å². The average molecular weight is 548 g/mol. The Balaban J connectivity index is 1.21. The zero-order chi connectivity index (χ0) is 27.6. The molecular weight excluding hydrogens is 506 g/mol. The first-order chi connectivity index (χ1) is 19.0. The number of rotatable bonds is 12. The van der Waals surface area contributed by atoms with E-state index in [2.05, 4.69) is 29.3 Å². The molecule has 0 aliphatic carbocycles. The smallest absolute Gasteiger partial charge is 0.254 e. The molecule has 2 heterocycles. The van der Waals surface area contributed by atoms with E-state index in [4.69, 9.17) is 0 Å². The van der Waals surface area contributed by atoms with Crippen LogP contribution < -0.4 is 0 Å². The van der Waals surface area contributed by atoms with Crippen LogP contribution in [0.15, 0.2) is 59.8 Å². The zero-order valence-electron chi connectivity index (χ0n) is 23.5. The third kappa shape index (κ3) is 7.72. The fourth-order valence-corrected chi connectivity index (χ4v) is 6.01. The number of benzene rings is 2. The average Bonchev–Trinajstić information content (AvgIpc) is 3.33. The lowest BCUT2D eigenvalue weighted by molar-refractivity contribution is -0.133. The highest BCUT2D eigenvalue weighted by molar-refractivity contribution is 7.99. The SMILES string of the molecule is CCCCCCc1ccc(C(=O)N2CCN(C(=O)CCCSc3nnc(C)n3-c3ccccc3)CC2C)cc1. The van der Waals surface area contributed by atoms with E-state index in [0.29, 0.717) is 26.1 Å². The molecular formula is C31H41N5O2S. The fraction of sp³-hybridized carbons (Fsp3) is 0.484. The maximum absolute atomic E-state index is 13.2. The molecule has 1 aliphatic heterocycles. The normalized spacial score (nSPS) is 15.5. The van der Waals surface area contributed by atoms with Crippen molar-refractivity contribution in [2.24, 2.45) is 0 Å². The molecule has 0 N–H and O–H groups in total. The molecule has 0 saturated carbocycles.